The Morgan fingerprint density at radius 2 is 1.80 bits per heavy atom. The van der Waals surface area contributed by atoms with Crippen LogP contribution in [0.4, 0.5) is 5.69 Å². The number of rotatable bonds is 8. The van der Waals surface area contributed by atoms with Crippen LogP contribution in [0.25, 0.3) is 0 Å². The summed E-state index contributed by atoms with van der Waals surface area (Å²) in [7, 11) is -3.67. The van der Waals surface area contributed by atoms with Crippen molar-refractivity contribution in [2.24, 2.45) is 0 Å². The van der Waals surface area contributed by atoms with E-state index in [1.165, 1.54) is 18.2 Å². The van der Waals surface area contributed by atoms with Gasteiger partial charge in [-0.15, -0.1) is 0 Å². The average molecular weight is 386 g/mol. The van der Waals surface area contributed by atoms with E-state index in [0.29, 0.717) is 10.7 Å². The van der Waals surface area contributed by atoms with Crippen molar-refractivity contribution in [2.45, 2.75) is 19.6 Å². The van der Waals surface area contributed by atoms with E-state index in [-0.39, 0.29) is 30.3 Å². The number of aromatic hydroxyl groups is 2. The smallest absolute Gasteiger partial charge is 0.357 e. The minimum Gasteiger partial charge on any atom is -0.508 e. The Morgan fingerprint density at radius 3 is 2.36 bits per heavy atom. The first-order valence-corrected chi connectivity index (χ1v) is 9.81. The summed E-state index contributed by atoms with van der Waals surface area (Å²) in [5.74, 6) is -1.31. The summed E-state index contributed by atoms with van der Waals surface area (Å²) in [4.78, 5) is 0. The standard InChI is InChI=1S/C17H21ClNO5P/c1-3-23-25(22,24-4-2)17(15-9-8-14(20)11-16(15)21)19-13-7-5-6-12(18)10-13/h5-11,17,19-21H,3-4H2,1-2H3. The molecule has 0 saturated heterocycles. The monoisotopic (exact) mass is 385 g/mol. The Kier molecular flexibility index (Phi) is 6.73. The van der Waals surface area contributed by atoms with Crippen molar-refractivity contribution in [2.75, 3.05) is 18.5 Å². The molecule has 2 aromatic rings. The molecule has 2 rings (SSSR count). The van der Waals surface area contributed by atoms with Gasteiger partial charge in [0.1, 0.15) is 11.5 Å². The van der Waals surface area contributed by atoms with Crippen LogP contribution in [0, 0.1) is 0 Å². The summed E-state index contributed by atoms with van der Waals surface area (Å²) >= 11 is 6.01. The van der Waals surface area contributed by atoms with Crippen molar-refractivity contribution < 1.29 is 23.8 Å². The number of hydrogen-bond donors (Lipinski definition) is 3. The highest BCUT2D eigenvalue weighted by Gasteiger charge is 2.38. The first-order chi connectivity index (χ1) is 11.9. The SMILES string of the molecule is CCOP(=O)(OCC)C(Nc1cccc(Cl)c1)c1ccc(O)cc1O. The number of benzene rings is 2. The lowest BCUT2D eigenvalue weighted by molar-refractivity contribution is 0.213. The average Bonchev–Trinajstić information content (AvgIpc) is 2.54. The summed E-state index contributed by atoms with van der Waals surface area (Å²) in [6.07, 6.45) is 0. The minimum absolute atomic E-state index is 0.106. The Balaban J connectivity index is 2.51. The van der Waals surface area contributed by atoms with Gasteiger partial charge in [0.25, 0.3) is 0 Å². The van der Waals surface area contributed by atoms with Gasteiger partial charge in [0, 0.05) is 22.3 Å². The summed E-state index contributed by atoms with van der Waals surface area (Å²) in [6.45, 7) is 3.76. The maximum absolute atomic E-state index is 13.3. The predicted octanol–water partition coefficient (Wildman–Crippen LogP) is 5.13. The van der Waals surface area contributed by atoms with Gasteiger partial charge >= 0.3 is 7.60 Å². The number of hydrogen-bond acceptors (Lipinski definition) is 6. The van der Waals surface area contributed by atoms with E-state index >= 15 is 0 Å². The molecule has 0 fully saturated rings. The van der Waals surface area contributed by atoms with E-state index in [9.17, 15) is 14.8 Å². The molecule has 0 amide bonds. The van der Waals surface area contributed by atoms with Crippen molar-refractivity contribution in [3.63, 3.8) is 0 Å². The molecular weight excluding hydrogens is 365 g/mol. The van der Waals surface area contributed by atoms with Crippen LogP contribution in [0.1, 0.15) is 25.2 Å². The third-order valence-electron chi connectivity index (χ3n) is 3.37. The Labute approximate surface area is 151 Å². The van der Waals surface area contributed by atoms with Crippen molar-refractivity contribution in [3.8, 4) is 11.5 Å². The van der Waals surface area contributed by atoms with E-state index in [4.69, 9.17) is 20.6 Å². The minimum atomic E-state index is -3.67. The third-order valence-corrected chi connectivity index (χ3v) is 5.88. The maximum atomic E-state index is 13.3. The van der Waals surface area contributed by atoms with Crippen LogP contribution < -0.4 is 5.32 Å². The van der Waals surface area contributed by atoms with Crippen LogP contribution in [-0.4, -0.2) is 23.4 Å². The van der Waals surface area contributed by atoms with Crippen molar-refractivity contribution >= 4 is 24.9 Å². The van der Waals surface area contributed by atoms with Gasteiger partial charge in [0.2, 0.25) is 0 Å². The molecule has 3 N–H and O–H groups in total. The number of halogens is 1. The molecule has 0 radical (unpaired) electrons. The first kappa shape index (κ1) is 19.6. The Hall–Kier alpha value is -1.72. The largest absolute Gasteiger partial charge is 0.508 e. The number of nitrogens with one attached hydrogen (secondary N) is 1. The summed E-state index contributed by atoms with van der Waals surface area (Å²) in [5, 5.41) is 23.3. The van der Waals surface area contributed by atoms with Gasteiger partial charge in [0.05, 0.1) is 13.2 Å². The predicted molar refractivity (Wildman–Crippen MR) is 98.4 cm³/mol. The van der Waals surface area contributed by atoms with Crippen molar-refractivity contribution in [1.29, 1.82) is 0 Å². The van der Waals surface area contributed by atoms with E-state index in [0.717, 1.165) is 0 Å². The molecule has 1 atom stereocenters. The molecule has 0 aliphatic carbocycles. The lowest BCUT2D eigenvalue weighted by Gasteiger charge is -2.28. The summed E-state index contributed by atoms with van der Waals surface area (Å²) < 4.78 is 24.2. The zero-order valence-electron chi connectivity index (χ0n) is 14.0. The normalized spacial score (nSPS) is 12.8. The molecule has 0 bridgehead atoms. The zero-order valence-corrected chi connectivity index (χ0v) is 15.6. The lowest BCUT2D eigenvalue weighted by Crippen LogP contribution is -2.15. The van der Waals surface area contributed by atoms with E-state index in [1.807, 2.05) is 0 Å². The molecule has 1 unspecified atom stereocenters. The summed E-state index contributed by atoms with van der Waals surface area (Å²) in [5.41, 5.74) is 0.868. The number of phenols is 2. The molecule has 0 heterocycles. The fraction of sp³-hybridized carbons (Fsp3) is 0.294. The topological polar surface area (TPSA) is 88.0 Å². The Morgan fingerprint density at radius 1 is 1.12 bits per heavy atom. The highest BCUT2D eigenvalue weighted by Crippen LogP contribution is 2.62. The number of anilines is 1. The maximum Gasteiger partial charge on any atom is 0.357 e. The third kappa shape index (κ3) is 4.89. The molecule has 0 spiro atoms. The molecule has 0 aliphatic heterocycles. The van der Waals surface area contributed by atoms with Crippen LogP contribution in [-0.2, 0) is 13.6 Å². The highest BCUT2D eigenvalue weighted by molar-refractivity contribution is 7.54. The van der Waals surface area contributed by atoms with Gasteiger partial charge in [-0.1, -0.05) is 17.7 Å². The van der Waals surface area contributed by atoms with Crippen LogP contribution >= 0.6 is 19.2 Å². The molecule has 6 nitrogen and oxygen atoms in total. The fourth-order valence-electron chi connectivity index (χ4n) is 2.37. The molecule has 0 saturated carbocycles. The molecule has 2 aromatic carbocycles. The van der Waals surface area contributed by atoms with Gasteiger partial charge in [-0.05, 0) is 44.2 Å². The van der Waals surface area contributed by atoms with Crippen molar-refractivity contribution in [3.05, 3.63) is 53.1 Å². The van der Waals surface area contributed by atoms with Gasteiger partial charge in [-0.25, -0.2) is 0 Å². The van der Waals surface area contributed by atoms with Crippen LogP contribution in [0.3, 0.4) is 0 Å². The first-order valence-electron chi connectivity index (χ1n) is 7.82. The highest BCUT2D eigenvalue weighted by atomic mass is 35.5. The molecular formula is C17H21ClNO5P. The lowest BCUT2D eigenvalue weighted by atomic mass is 10.2. The van der Waals surface area contributed by atoms with Gasteiger partial charge in [-0.3, -0.25) is 4.57 Å². The second-order valence-corrected chi connectivity index (χ2v) is 7.72. The molecule has 136 valence electrons. The quantitative estimate of drug-likeness (QED) is 0.546. The van der Waals surface area contributed by atoms with Crippen LogP contribution in [0.5, 0.6) is 11.5 Å². The Bertz CT molecular complexity index is 760. The van der Waals surface area contributed by atoms with E-state index < -0.39 is 13.4 Å². The molecule has 8 heteroatoms. The second kappa shape index (κ2) is 8.59. The van der Waals surface area contributed by atoms with E-state index in [1.54, 1.807) is 38.1 Å². The van der Waals surface area contributed by atoms with Crippen molar-refractivity contribution in [1.82, 2.24) is 0 Å². The van der Waals surface area contributed by atoms with Crippen LogP contribution in [0.15, 0.2) is 42.5 Å². The van der Waals surface area contributed by atoms with Gasteiger partial charge in [-0.2, -0.15) is 0 Å². The van der Waals surface area contributed by atoms with Gasteiger partial charge in [0.15, 0.2) is 5.78 Å². The second-order valence-electron chi connectivity index (χ2n) is 5.18. The molecule has 0 aromatic heterocycles. The van der Waals surface area contributed by atoms with Gasteiger partial charge < -0.3 is 24.6 Å². The number of phenolic OH excluding ortho intramolecular Hbond substituents is 2. The fourth-order valence-corrected chi connectivity index (χ4v) is 4.52. The van der Waals surface area contributed by atoms with E-state index in [2.05, 4.69) is 5.32 Å². The zero-order chi connectivity index (χ0) is 18.4. The summed E-state index contributed by atoms with van der Waals surface area (Å²) in [6, 6.07) is 10.9. The molecule has 25 heavy (non-hydrogen) atoms. The van der Waals surface area contributed by atoms with Crippen LogP contribution in [0.2, 0.25) is 5.02 Å². The molecule has 0 aliphatic rings.